The SMILES string of the molecule is CN(C)C1CCN(C(=O)c2cc(F)ccc2N)C1. The van der Waals surface area contributed by atoms with E-state index in [1.807, 2.05) is 14.1 Å². The zero-order chi connectivity index (χ0) is 13.3. The number of anilines is 1. The van der Waals surface area contributed by atoms with Gasteiger partial charge in [0.15, 0.2) is 0 Å². The van der Waals surface area contributed by atoms with Gasteiger partial charge in [0.2, 0.25) is 0 Å². The first-order chi connectivity index (χ1) is 8.49. The Morgan fingerprint density at radius 3 is 2.83 bits per heavy atom. The van der Waals surface area contributed by atoms with Crippen LogP contribution in [0.1, 0.15) is 16.8 Å². The number of nitrogens with two attached hydrogens (primary N) is 1. The van der Waals surface area contributed by atoms with Crippen LogP contribution in [0.5, 0.6) is 0 Å². The van der Waals surface area contributed by atoms with Gasteiger partial charge in [-0.3, -0.25) is 4.79 Å². The molecular weight excluding hydrogens is 233 g/mol. The number of benzene rings is 1. The molecule has 1 heterocycles. The van der Waals surface area contributed by atoms with Crippen molar-refractivity contribution in [3.63, 3.8) is 0 Å². The fraction of sp³-hybridized carbons (Fsp3) is 0.462. The first-order valence-corrected chi connectivity index (χ1v) is 6.00. The third-order valence-electron chi connectivity index (χ3n) is 3.43. The van der Waals surface area contributed by atoms with Crippen LogP contribution in [0.3, 0.4) is 0 Å². The Bertz CT molecular complexity index is 462. The summed E-state index contributed by atoms with van der Waals surface area (Å²) in [5.41, 5.74) is 6.31. The Kier molecular flexibility index (Phi) is 3.52. The molecule has 1 amide bonds. The summed E-state index contributed by atoms with van der Waals surface area (Å²) in [5, 5.41) is 0. The zero-order valence-corrected chi connectivity index (χ0v) is 10.7. The standard InChI is InChI=1S/C13H18FN3O/c1-16(2)10-5-6-17(8-10)13(18)11-7-9(14)3-4-12(11)15/h3-4,7,10H,5-6,8,15H2,1-2H3. The van der Waals surface area contributed by atoms with Crippen molar-refractivity contribution in [2.75, 3.05) is 32.9 Å². The lowest BCUT2D eigenvalue weighted by Gasteiger charge is -2.21. The van der Waals surface area contributed by atoms with Gasteiger partial charge in [-0.05, 0) is 38.7 Å². The van der Waals surface area contributed by atoms with Gasteiger partial charge in [-0.15, -0.1) is 0 Å². The molecule has 1 aromatic rings. The molecule has 1 atom stereocenters. The molecule has 98 valence electrons. The van der Waals surface area contributed by atoms with Gasteiger partial charge in [-0.2, -0.15) is 0 Å². The number of halogens is 1. The highest BCUT2D eigenvalue weighted by molar-refractivity contribution is 5.99. The van der Waals surface area contributed by atoms with Crippen LogP contribution in [0, 0.1) is 5.82 Å². The van der Waals surface area contributed by atoms with Gasteiger partial charge in [-0.1, -0.05) is 0 Å². The molecule has 1 fully saturated rings. The lowest BCUT2D eigenvalue weighted by molar-refractivity contribution is 0.0783. The van der Waals surface area contributed by atoms with E-state index in [9.17, 15) is 9.18 Å². The molecule has 0 aliphatic carbocycles. The number of hydrogen-bond acceptors (Lipinski definition) is 3. The maximum Gasteiger partial charge on any atom is 0.256 e. The van der Waals surface area contributed by atoms with Gasteiger partial charge in [-0.25, -0.2) is 4.39 Å². The van der Waals surface area contributed by atoms with E-state index in [1.54, 1.807) is 4.90 Å². The predicted molar refractivity (Wildman–Crippen MR) is 68.8 cm³/mol. The Hall–Kier alpha value is -1.62. The highest BCUT2D eigenvalue weighted by Crippen LogP contribution is 2.20. The molecule has 2 N–H and O–H groups in total. The summed E-state index contributed by atoms with van der Waals surface area (Å²) in [5.74, 6) is -0.618. The number of likely N-dealkylation sites (tertiary alicyclic amines) is 1. The van der Waals surface area contributed by atoms with Gasteiger partial charge in [0.05, 0.1) is 5.56 Å². The molecule has 1 aliphatic heterocycles. The summed E-state index contributed by atoms with van der Waals surface area (Å²) in [6.07, 6.45) is 0.938. The maximum absolute atomic E-state index is 13.2. The minimum atomic E-state index is -0.434. The highest BCUT2D eigenvalue weighted by Gasteiger charge is 2.28. The molecule has 0 spiro atoms. The Morgan fingerprint density at radius 2 is 2.22 bits per heavy atom. The van der Waals surface area contributed by atoms with Crippen LogP contribution in [-0.2, 0) is 0 Å². The van der Waals surface area contributed by atoms with Crippen LogP contribution in [0.25, 0.3) is 0 Å². The van der Waals surface area contributed by atoms with Crippen LogP contribution in [0.2, 0.25) is 0 Å². The summed E-state index contributed by atoms with van der Waals surface area (Å²) in [6, 6.07) is 4.27. The largest absolute Gasteiger partial charge is 0.398 e. The van der Waals surface area contributed by atoms with E-state index in [2.05, 4.69) is 4.90 Å². The number of nitrogens with zero attached hydrogens (tertiary/aromatic N) is 2. The molecule has 1 unspecified atom stereocenters. The molecule has 0 radical (unpaired) electrons. The van der Waals surface area contributed by atoms with Crippen molar-refractivity contribution in [1.82, 2.24) is 9.80 Å². The molecule has 18 heavy (non-hydrogen) atoms. The zero-order valence-electron chi connectivity index (χ0n) is 10.7. The van der Waals surface area contributed by atoms with E-state index < -0.39 is 5.82 Å². The fourth-order valence-corrected chi connectivity index (χ4v) is 2.23. The van der Waals surface area contributed by atoms with Crippen LogP contribution in [0.4, 0.5) is 10.1 Å². The Morgan fingerprint density at radius 1 is 1.50 bits per heavy atom. The number of amides is 1. The van der Waals surface area contributed by atoms with Crippen molar-refractivity contribution in [3.05, 3.63) is 29.6 Å². The predicted octanol–water partition coefficient (Wildman–Crippen LogP) is 1.18. The lowest BCUT2D eigenvalue weighted by Crippen LogP contribution is -2.34. The smallest absolute Gasteiger partial charge is 0.256 e. The summed E-state index contributed by atoms with van der Waals surface area (Å²) in [6.45, 7) is 1.36. The van der Waals surface area contributed by atoms with Crippen LogP contribution >= 0.6 is 0 Å². The topological polar surface area (TPSA) is 49.6 Å². The van der Waals surface area contributed by atoms with Crippen LogP contribution in [-0.4, -0.2) is 48.9 Å². The third-order valence-corrected chi connectivity index (χ3v) is 3.43. The number of carbonyl (C=O) groups is 1. The number of nitrogen functional groups attached to an aromatic ring is 1. The first kappa shape index (κ1) is 12.8. The summed E-state index contributed by atoms with van der Waals surface area (Å²) in [4.78, 5) is 16.1. The average Bonchev–Trinajstić information content (AvgIpc) is 2.81. The summed E-state index contributed by atoms with van der Waals surface area (Å²) >= 11 is 0. The van der Waals surface area contributed by atoms with Crippen molar-refractivity contribution in [2.45, 2.75) is 12.5 Å². The molecular formula is C13H18FN3O. The normalized spacial score (nSPS) is 19.6. The monoisotopic (exact) mass is 251 g/mol. The fourth-order valence-electron chi connectivity index (χ4n) is 2.23. The third kappa shape index (κ3) is 2.46. The average molecular weight is 251 g/mol. The first-order valence-electron chi connectivity index (χ1n) is 6.00. The number of rotatable bonds is 2. The Labute approximate surface area is 106 Å². The lowest BCUT2D eigenvalue weighted by atomic mass is 10.1. The minimum Gasteiger partial charge on any atom is -0.398 e. The molecule has 0 bridgehead atoms. The van der Waals surface area contributed by atoms with Gasteiger partial charge >= 0.3 is 0 Å². The van der Waals surface area contributed by atoms with E-state index in [-0.39, 0.29) is 11.5 Å². The van der Waals surface area contributed by atoms with Gasteiger partial charge < -0.3 is 15.5 Å². The van der Waals surface area contributed by atoms with Crippen molar-refractivity contribution in [3.8, 4) is 0 Å². The van der Waals surface area contributed by atoms with Gasteiger partial charge in [0.25, 0.3) is 5.91 Å². The molecule has 0 aromatic heterocycles. The summed E-state index contributed by atoms with van der Waals surface area (Å²) in [7, 11) is 3.99. The second-order valence-corrected chi connectivity index (χ2v) is 4.89. The van der Waals surface area contributed by atoms with E-state index in [0.717, 1.165) is 6.42 Å². The van der Waals surface area contributed by atoms with E-state index >= 15 is 0 Å². The maximum atomic E-state index is 13.2. The van der Waals surface area contributed by atoms with Crippen molar-refractivity contribution in [1.29, 1.82) is 0 Å². The van der Waals surface area contributed by atoms with E-state index in [1.165, 1.54) is 18.2 Å². The number of hydrogen-bond donors (Lipinski definition) is 1. The molecule has 2 rings (SSSR count). The van der Waals surface area contributed by atoms with Crippen LogP contribution in [0.15, 0.2) is 18.2 Å². The molecule has 0 saturated carbocycles. The van der Waals surface area contributed by atoms with E-state index in [4.69, 9.17) is 5.73 Å². The highest BCUT2D eigenvalue weighted by atomic mass is 19.1. The Balaban J connectivity index is 2.15. The number of likely N-dealkylation sites (N-methyl/N-ethyl adjacent to an activating group) is 1. The second-order valence-electron chi connectivity index (χ2n) is 4.89. The minimum absolute atomic E-state index is 0.184. The van der Waals surface area contributed by atoms with E-state index in [0.29, 0.717) is 24.8 Å². The molecule has 4 nitrogen and oxygen atoms in total. The molecule has 1 aromatic carbocycles. The number of carbonyl (C=O) groups excluding carboxylic acids is 1. The van der Waals surface area contributed by atoms with Gasteiger partial charge in [0, 0.05) is 24.8 Å². The van der Waals surface area contributed by atoms with Crippen LogP contribution < -0.4 is 5.73 Å². The van der Waals surface area contributed by atoms with Crippen molar-refractivity contribution >= 4 is 11.6 Å². The second kappa shape index (κ2) is 4.94. The van der Waals surface area contributed by atoms with Crippen molar-refractivity contribution < 1.29 is 9.18 Å². The quantitative estimate of drug-likeness (QED) is 0.803. The van der Waals surface area contributed by atoms with Gasteiger partial charge in [0.1, 0.15) is 5.82 Å². The van der Waals surface area contributed by atoms with Crippen molar-refractivity contribution in [2.24, 2.45) is 0 Å². The molecule has 1 aliphatic rings. The molecule has 5 heteroatoms. The molecule has 1 saturated heterocycles. The summed E-state index contributed by atoms with van der Waals surface area (Å²) < 4.78 is 13.2.